The third-order valence-corrected chi connectivity index (χ3v) is 3.57. The molecule has 2 N–H and O–H groups in total. The Hall–Kier alpha value is -1.62. The van der Waals surface area contributed by atoms with E-state index in [0.29, 0.717) is 12.3 Å². The molecule has 4 nitrogen and oxygen atoms in total. The summed E-state index contributed by atoms with van der Waals surface area (Å²) in [6.07, 6.45) is 1.62. The molecular formula is C14H19FN2O2. The second kappa shape index (κ2) is 6.02. The average molecular weight is 266 g/mol. The molecule has 1 aromatic carbocycles. The lowest BCUT2D eigenvalue weighted by molar-refractivity contribution is -0.142. The second-order valence-corrected chi connectivity index (χ2v) is 4.94. The summed E-state index contributed by atoms with van der Waals surface area (Å²) in [7, 11) is 1.35. The number of anilines is 1. The van der Waals surface area contributed by atoms with Gasteiger partial charge in [-0.1, -0.05) is 0 Å². The topological polar surface area (TPSA) is 55.6 Å². The number of benzene rings is 1. The van der Waals surface area contributed by atoms with E-state index in [9.17, 15) is 9.18 Å². The van der Waals surface area contributed by atoms with E-state index in [4.69, 9.17) is 5.73 Å². The van der Waals surface area contributed by atoms with E-state index in [0.717, 1.165) is 25.2 Å². The molecule has 104 valence electrons. The number of nitrogens with zero attached hydrogens (tertiary/aromatic N) is 1. The van der Waals surface area contributed by atoms with Crippen LogP contribution in [0.4, 0.5) is 10.1 Å². The van der Waals surface area contributed by atoms with Crippen molar-refractivity contribution in [3.05, 3.63) is 30.1 Å². The van der Waals surface area contributed by atoms with Crippen LogP contribution in [0.5, 0.6) is 0 Å². The quantitative estimate of drug-likeness (QED) is 0.840. The molecule has 0 saturated carbocycles. The Morgan fingerprint density at radius 3 is 2.84 bits per heavy atom. The molecule has 0 radical (unpaired) electrons. The van der Waals surface area contributed by atoms with Crippen molar-refractivity contribution in [2.45, 2.75) is 18.9 Å². The fraction of sp³-hybridized carbons (Fsp3) is 0.500. The number of carbonyl (C=O) groups is 1. The molecule has 0 bridgehead atoms. The van der Waals surface area contributed by atoms with Gasteiger partial charge in [-0.2, -0.15) is 0 Å². The lowest BCUT2D eigenvalue weighted by Gasteiger charge is -2.19. The van der Waals surface area contributed by atoms with Crippen LogP contribution in [0.3, 0.4) is 0 Å². The molecule has 0 aliphatic carbocycles. The summed E-state index contributed by atoms with van der Waals surface area (Å²) in [6.45, 7) is 1.75. The summed E-state index contributed by atoms with van der Waals surface area (Å²) >= 11 is 0. The predicted octanol–water partition coefficient (Wildman–Crippen LogP) is 1.54. The molecule has 2 atom stereocenters. The lowest BCUT2D eigenvalue weighted by atomic mass is 10.00. The van der Waals surface area contributed by atoms with Crippen molar-refractivity contribution in [2.24, 2.45) is 11.7 Å². The van der Waals surface area contributed by atoms with E-state index in [1.165, 1.54) is 19.2 Å². The van der Waals surface area contributed by atoms with Crippen molar-refractivity contribution in [1.29, 1.82) is 0 Å². The fourth-order valence-electron chi connectivity index (χ4n) is 2.52. The zero-order valence-corrected chi connectivity index (χ0v) is 11.0. The summed E-state index contributed by atoms with van der Waals surface area (Å²) in [5.41, 5.74) is 6.78. The highest BCUT2D eigenvalue weighted by atomic mass is 19.1. The smallest absolute Gasteiger partial charge is 0.322 e. The van der Waals surface area contributed by atoms with Crippen LogP contribution in [0.15, 0.2) is 24.3 Å². The van der Waals surface area contributed by atoms with Gasteiger partial charge in [0.2, 0.25) is 0 Å². The molecule has 1 aromatic rings. The van der Waals surface area contributed by atoms with Crippen molar-refractivity contribution in [3.8, 4) is 0 Å². The second-order valence-electron chi connectivity index (χ2n) is 4.94. The van der Waals surface area contributed by atoms with Crippen molar-refractivity contribution in [1.82, 2.24) is 0 Å². The maximum Gasteiger partial charge on any atom is 0.322 e. The van der Waals surface area contributed by atoms with E-state index in [2.05, 4.69) is 9.64 Å². The minimum absolute atomic E-state index is 0.229. The van der Waals surface area contributed by atoms with Crippen LogP contribution in [-0.4, -0.2) is 32.2 Å². The summed E-state index contributed by atoms with van der Waals surface area (Å²) < 4.78 is 17.5. The van der Waals surface area contributed by atoms with Gasteiger partial charge in [-0.25, -0.2) is 4.39 Å². The Kier molecular flexibility index (Phi) is 4.37. The summed E-state index contributed by atoms with van der Waals surface area (Å²) in [5, 5.41) is 0. The molecule has 0 amide bonds. The molecule has 1 heterocycles. The van der Waals surface area contributed by atoms with Crippen LogP contribution in [0.2, 0.25) is 0 Å². The number of esters is 1. The molecule has 0 aromatic heterocycles. The van der Waals surface area contributed by atoms with Gasteiger partial charge in [-0.15, -0.1) is 0 Å². The minimum atomic E-state index is -0.553. The van der Waals surface area contributed by atoms with Gasteiger partial charge in [0, 0.05) is 18.8 Å². The van der Waals surface area contributed by atoms with Crippen LogP contribution in [-0.2, 0) is 9.53 Å². The molecule has 2 rings (SSSR count). The van der Waals surface area contributed by atoms with Crippen LogP contribution in [0, 0.1) is 11.7 Å². The SMILES string of the molecule is COC(=O)C(N)CC1CCN(c2ccc(F)cc2)C1. The summed E-state index contributed by atoms with van der Waals surface area (Å²) in [6, 6.07) is 5.92. The third kappa shape index (κ3) is 3.44. The maximum atomic E-state index is 12.9. The fourth-order valence-corrected chi connectivity index (χ4v) is 2.52. The lowest BCUT2D eigenvalue weighted by Crippen LogP contribution is -2.34. The van der Waals surface area contributed by atoms with Gasteiger partial charge < -0.3 is 15.4 Å². The van der Waals surface area contributed by atoms with Crippen LogP contribution in [0.1, 0.15) is 12.8 Å². The van der Waals surface area contributed by atoms with E-state index in [1.54, 1.807) is 12.1 Å². The third-order valence-electron chi connectivity index (χ3n) is 3.57. The molecule has 0 spiro atoms. The van der Waals surface area contributed by atoms with Gasteiger partial charge >= 0.3 is 5.97 Å². The first kappa shape index (κ1) is 13.8. The van der Waals surface area contributed by atoms with E-state index >= 15 is 0 Å². The maximum absolute atomic E-state index is 12.9. The first-order valence-corrected chi connectivity index (χ1v) is 6.44. The van der Waals surface area contributed by atoms with E-state index < -0.39 is 6.04 Å². The Morgan fingerprint density at radius 2 is 2.21 bits per heavy atom. The molecule has 1 aliphatic rings. The van der Waals surface area contributed by atoms with E-state index in [1.807, 2.05) is 0 Å². The highest BCUT2D eigenvalue weighted by Gasteiger charge is 2.27. The van der Waals surface area contributed by atoms with Gasteiger partial charge in [0.15, 0.2) is 0 Å². The van der Waals surface area contributed by atoms with Crippen molar-refractivity contribution in [2.75, 3.05) is 25.1 Å². The van der Waals surface area contributed by atoms with Crippen LogP contribution in [0.25, 0.3) is 0 Å². The highest BCUT2D eigenvalue weighted by molar-refractivity contribution is 5.75. The number of hydrogen-bond donors (Lipinski definition) is 1. The van der Waals surface area contributed by atoms with Crippen LogP contribution < -0.4 is 10.6 Å². The molecule has 5 heteroatoms. The minimum Gasteiger partial charge on any atom is -0.468 e. The molecule has 1 fully saturated rings. The Labute approximate surface area is 112 Å². The van der Waals surface area contributed by atoms with Gasteiger partial charge in [0.05, 0.1) is 7.11 Å². The molecule has 2 unspecified atom stereocenters. The largest absolute Gasteiger partial charge is 0.468 e. The predicted molar refractivity (Wildman–Crippen MR) is 71.3 cm³/mol. The molecule has 19 heavy (non-hydrogen) atoms. The molecular weight excluding hydrogens is 247 g/mol. The first-order chi connectivity index (χ1) is 9.10. The summed E-state index contributed by atoms with van der Waals surface area (Å²) in [5.74, 6) is -0.216. The monoisotopic (exact) mass is 266 g/mol. The number of ether oxygens (including phenoxy) is 1. The normalized spacial score (nSPS) is 20.4. The Morgan fingerprint density at radius 1 is 1.53 bits per heavy atom. The van der Waals surface area contributed by atoms with E-state index in [-0.39, 0.29) is 11.8 Å². The standard InChI is InChI=1S/C14H19FN2O2/c1-19-14(18)13(16)8-10-6-7-17(9-10)12-4-2-11(15)3-5-12/h2-5,10,13H,6-9,16H2,1H3. The highest BCUT2D eigenvalue weighted by Crippen LogP contribution is 2.26. The zero-order valence-electron chi connectivity index (χ0n) is 11.0. The van der Waals surface area contributed by atoms with Gasteiger partial charge in [-0.05, 0) is 43.0 Å². The summed E-state index contributed by atoms with van der Waals surface area (Å²) in [4.78, 5) is 13.5. The number of rotatable bonds is 4. The number of halogens is 1. The molecule has 1 aliphatic heterocycles. The first-order valence-electron chi connectivity index (χ1n) is 6.44. The average Bonchev–Trinajstić information content (AvgIpc) is 2.87. The Bertz CT molecular complexity index is 436. The number of hydrogen-bond acceptors (Lipinski definition) is 4. The van der Waals surface area contributed by atoms with Gasteiger partial charge in [0.25, 0.3) is 0 Å². The number of methoxy groups -OCH3 is 1. The van der Waals surface area contributed by atoms with Gasteiger partial charge in [0.1, 0.15) is 11.9 Å². The van der Waals surface area contributed by atoms with Crippen LogP contribution >= 0.6 is 0 Å². The van der Waals surface area contributed by atoms with Crippen molar-refractivity contribution in [3.63, 3.8) is 0 Å². The van der Waals surface area contributed by atoms with Crippen molar-refractivity contribution < 1.29 is 13.9 Å². The molecule has 1 saturated heterocycles. The number of nitrogens with two attached hydrogens (primary N) is 1. The van der Waals surface area contributed by atoms with Crippen molar-refractivity contribution >= 4 is 11.7 Å². The Balaban J connectivity index is 1.89. The van der Waals surface area contributed by atoms with Gasteiger partial charge in [-0.3, -0.25) is 4.79 Å². The zero-order chi connectivity index (χ0) is 13.8. The number of carbonyl (C=O) groups excluding carboxylic acids is 1.